The normalized spacial score (nSPS) is 13.0. The number of aromatic hydroxyl groups is 1. The van der Waals surface area contributed by atoms with E-state index in [0.717, 1.165) is 11.6 Å². The number of halogens is 3. The van der Waals surface area contributed by atoms with Crippen LogP contribution in [0.15, 0.2) is 48.5 Å². The van der Waals surface area contributed by atoms with Gasteiger partial charge >= 0.3 is 6.18 Å². The van der Waals surface area contributed by atoms with E-state index in [9.17, 15) is 18.3 Å². The fourth-order valence-electron chi connectivity index (χ4n) is 1.82. The smallest absolute Gasteiger partial charge is 0.407 e. The minimum atomic E-state index is -4.63. The topological polar surface area (TPSA) is 55.5 Å². The number of nitrogens with two attached hydrogens (primary N) is 1. The molecule has 0 fully saturated rings. The summed E-state index contributed by atoms with van der Waals surface area (Å²) in [5, 5.41) is 9.90. The number of hydrogen-bond donors (Lipinski definition) is 2. The zero-order valence-corrected chi connectivity index (χ0v) is 11.0. The van der Waals surface area contributed by atoms with Crippen LogP contribution in [0, 0.1) is 0 Å². The number of phenolic OH excluding ortho intramolecular Hbond substituents is 1. The Balaban J connectivity index is 2.18. The number of para-hydroxylation sites is 1. The van der Waals surface area contributed by atoms with Gasteiger partial charge in [-0.1, -0.05) is 42.5 Å². The third kappa shape index (κ3) is 3.66. The summed E-state index contributed by atoms with van der Waals surface area (Å²) in [5.41, 5.74) is 5.53. The minimum Gasteiger partial charge on any atom is -0.504 e. The van der Waals surface area contributed by atoms with E-state index in [1.54, 1.807) is 0 Å². The Morgan fingerprint density at radius 2 is 1.71 bits per heavy atom. The lowest BCUT2D eigenvalue weighted by atomic mass is 10.1. The predicted octanol–water partition coefficient (Wildman–Crippen LogP) is 3.53. The maximum Gasteiger partial charge on any atom is 0.407 e. The molecule has 0 saturated heterocycles. The molecular weight excluding hydrogens is 283 g/mol. The fraction of sp³-hybridized carbons (Fsp3) is 0.200. The highest BCUT2D eigenvalue weighted by atomic mass is 19.4. The molecular formula is C15H14F3NO2. The third-order valence-electron chi connectivity index (χ3n) is 2.96. The lowest BCUT2D eigenvalue weighted by Gasteiger charge is -2.18. The number of rotatable bonds is 4. The van der Waals surface area contributed by atoms with E-state index >= 15 is 0 Å². The molecule has 3 nitrogen and oxygen atoms in total. The van der Waals surface area contributed by atoms with Gasteiger partial charge in [-0.05, 0) is 11.6 Å². The quantitative estimate of drug-likeness (QED) is 0.907. The Morgan fingerprint density at radius 1 is 1.05 bits per heavy atom. The first kappa shape index (κ1) is 15.2. The lowest BCUT2D eigenvalue weighted by molar-refractivity contribution is -0.149. The SMILES string of the molecule is N[C@H](c1cccc(OCc2ccccc2)c1O)C(F)(F)F. The van der Waals surface area contributed by atoms with Gasteiger partial charge in [-0.25, -0.2) is 0 Å². The van der Waals surface area contributed by atoms with Crippen molar-refractivity contribution in [1.82, 2.24) is 0 Å². The number of benzene rings is 2. The van der Waals surface area contributed by atoms with Crippen molar-refractivity contribution < 1.29 is 23.0 Å². The summed E-state index contributed by atoms with van der Waals surface area (Å²) in [6.45, 7) is 0.138. The van der Waals surface area contributed by atoms with Crippen molar-refractivity contribution in [2.24, 2.45) is 5.73 Å². The highest BCUT2D eigenvalue weighted by molar-refractivity contribution is 5.47. The van der Waals surface area contributed by atoms with Gasteiger partial charge in [-0.3, -0.25) is 0 Å². The highest BCUT2D eigenvalue weighted by Gasteiger charge is 2.39. The molecule has 0 aliphatic heterocycles. The molecule has 0 aliphatic carbocycles. The maximum atomic E-state index is 12.6. The van der Waals surface area contributed by atoms with Gasteiger partial charge in [0.15, 0.2) is 11.5 Å². The number of hydrogen-bond acceptors (Lipinski definition) is 3. The molecule has 0 spiro atoms. The van der Waals surface area contributed by atoms with Crippen LogP contribution in [-0.2, 0) is 6.61 Å². The van der Waals surface area contributed by atoms with E-state index in [1.165, 1.54) is 12.1 Å². The summed E-state index contributed by atoms with van der Waals surface area (Å²) in [4.78, 5) is 0. The monoisotopic (exact) mass is 297 g/mol. The molecule has 0 saturated carbocycles. The van der Waals surface area contributed by atoms with Crippen LogP contribution in [0.4, 0.5) is 13.2 Å². The molecule has 6 heteroatoms. The van der Waals surface area contributed by atoms with Gasteiger partial charge in [0.05, 0.1) is 0 Å². The minimum absolute atomic E-state index is 0.0314. The van der Waals surface area contributed by atoms with Crippen LogP contribution in [0.3, 0.4) is 0 Å². The first-order chi connectivity index (χ1) is 9.89. The van der Waals surface area contributed by atoms with Crippen LogP contribution >= 0.6 is 0 Å². The third-order valence-corrected chi connectivity index (χ3v) is 2.96. The van der Waals surface area contributed by atoms with Crippen molar-refractivity contribution >= 4 is 0 Å². The lowest BCUT2D eigenvalue weighted by Crippen LogP contribution is -2.28. The molecule has 0 heterocycles. The zero-order chi connectivity index (χ0) is 15.5. The van der Waals surface area contributed by atoms with Crippen LogP contribution in [0.5, 0.6) is 11.5 Å². The Kier molecular flexibility index (Phi) is 4.37. The molecule has 2 aromatic carbocycles. The van der Waals surface area contributed by atoms with Crippen molar-refractivity contribution in [2.45, 2.75) is 18.8 Å². The second kappa shape index (κ2) is 6.05. The van der Waals surface area contributed by atoms with Gasteiger partial charge in [0, 0.05) is 5.56 Å². The van der Waals surface area contributed by atoms with Gasteiger partial charge in [0.1, 0.15) is 12.6 Å². The largest absolute Gasteiger partial charge is 0.504 e. The van der Waals surface area contributed by atoms with E-state index in [2.05, 4.69) is 0 Å². The van der Waals surface area contributed by atoms with E-state index < -0.39 is 23.5 Å². The second-order valence-corrected chi connectivity index (χ2v) is 4.49. The average molecular weight is 297 g/mol. The number of alkyl halides is 3. The van der Waals surface area contributed by atoms with Crippen molar-refractivity contribution in [3.05, 3.63) is 59.7 Å². The van der Waals surface area contributed by atoms with Gasteiger partial charge in [-0.2, -0.15) is 13.2 Å². The van der Waals surface area contributed by atoms with Crippen molar-refractivity contribution in [2.75, 3.05) is 0 Å². The van der Waals surface area contributed by atoms with Crippen LogP contribution in [0.2, 0.25) is 0 Å². The predicted molar refractivity (Wildman–Crippen MR) is 71.9 cm³/mol. The molecule has 0 aromatic heterocycles. The van der Waals surface area contributed by atoms with Gasteiger partial charge in [0.25, 0.3) is 0 Å². The summed E-state index contributed by atoms with van der Waals surface area (Å²) < 4.78 is 43.2. The first-order valence-corrected chi connectivity index (χ1v) is 6.20. The maximum absolute atomic E-state index is 12.6. The molecule has 1 atom stereocenters. The molecule has 21 heavy (non-hydrogen) atoms. The van der Waals surface area contributed by atoms with Crippen LogP contribution in [0.25, 0.3) is 0 Å². The Hall–Kier alpha value is -2.21. The molecule has 0 radical (unpaired) electrons. The van der Waals surface area contributed by atoms with Crippen molar-refractivity contribution in [3.63, 3.8) is 0 Å². The van der Waals surface area contributed by atoms with Crippen molar-refractivity contribution in [3.8, 4) is 11.5 Å². The Morgan fingerprint density at radius 3 is 2.33 bits per heavy atom. The number of phenols is 1. The van der Waals surface area contributed by atoms with E-state index in [0.29, 0.717) is 0 Å². The zero-order valence-electron chi connectivity index (χ0n) is 11.0. The molecule has 0 unspecified atom stereocenters. The van der Waals surface area contributed by atoms with Crippen molar-refractivity contribution in [1.29, 1.82) is 0 Å². The molecule has 0 aliphatic rings. The van der Waals surface area contributed by atoms with Crippen LogP contribution in [-0.4, -0.2) is 11.3 Å². The summed E-state index contributed by atoms with van der Waals surface area (Å²) in [6.07, 6.45) is -4.63. The molecule has 2 aromatic rings. The first-order valence-electron chi connectivity index (χ1n) is 6.20. The standard InChI is InChI=1S/C15H14F3NO2/c16-15(17,18)14(19)11-7-4-8-12(13(11)20)21-9-10-5-2-1-3-6-10/h1-8,14,20H,9,19H2/t14-/m1/s1. The highest BCUT2D eigenvalue weighted by Crippen LogP contribution is 2.39. The molecule has 0 bridgehead atoms. The molecule has 0 amide bonds. The van der Waals surface area contributed by atoms with Gasteiger partial charge < -0.3 is 15.6 Å². The van der Waals surface area contributed by atoms with Gasteiger partial charge in [0.2, 0.25) is 0 Å². The Bertz CT molecular complexity index is 600. The Labute approximate surface area is 119 Å². The van der Waals surface area contributed by atoms with Gasteiger partial charge in [-0.15, -0.1) is 0 Å². The molecule has 112 valence electrons. The van der Waals surface area contributed by atoms with E-state index in [4.69, 9.17) is 10.5 Å². The summed E-state index contributed by atoms with van der Waals surface area (Å²) in [5.74, 6) is -0.616. The van der Waals surface area contributed by atoms with Crippen LogP contribution < -0.4 is 10.5 Å². The van der Waals surface area contributed by atoms with Crippen LogP contribution in [0.1, 0.15) is 17.2 Å². The van der Waals surface area contributed by atoms with E-state index in [1.807, 2.05) is 30.3 Å². The fourth-order valence-corrected chi connectivity index (χ4v) is 1.82. The number of ether oxygens (including phenoxy) is 1. The summed E-state index contributed by atoms with van der Waals surface area (Å²) in [6, 6.07) is 10.7. The molecule has 3 N–H and O–H groups in total. The summed E-state index contributed by atoms with van der Waals surface area (Å²) >= 11 is 0. The average Bonchev–Trinajstić information content (AvgIpc) is 2.45. The molecule has 2 rings (SSSR count). The second-order valence-electron chi connectivity index (χ2n) is 4.49. The summed E-state index contributed by atoms with van der Waals surface area (Å²) in [7, 11) is 0. The van der Waals surface area contributed by atoms with E-state index in [-0.39, 0.29) is 12.4 Å².